The van der Waals surface area contributed by atoms with E-state index in [1.807, 2.05) is 48.5 Å². The standard InChI is InChI=1S/C24H22Cl2N4O3S/c1-33-13-18-22(23(32)29-11-10-27-19(31)12-29)34-24-28-20(14-2-6-16(25)7-3-14)21(30(18)24)15-4-8-17(26)9-5-15/h2-9,20-21H,10-13H2,1H3,(H,27,31)/t20-,21+/m0/s1. The third-order valence-corrected chi connectivity index (χ3v) is 7.61. The molecule has 1 N–H and O–H groups in total. The van der Waals surface area contributed by atoms with Gasteiger partial charge in [0.1, 0.15) is 10.9 Å². The molecule has 5 rings (SSSR count). The number of ether oxygens (including phenoxy) is 1. The molecule has 3 heterocycles. The van der Waals surface area contributed by atoms with Crippen LogP contribution in [0.4, 0.5) is 0 Å². The molecule has 0 saturated carbocycles. The first-order valence-electron chi connectivity index (χ1n) is 10.8. The van der Waals surface area contributed by atoms with Gasteiger partial charge in [-0.3, -0.25) is 14.6 Å². The molecule has 2 aromatic rings. The van der Waals surface area contributed by atoms with Gasteiger partial charge in [-0.1, -0.05) is 47.5 Å². The molecule has 2 amide bonds. The van der Waals surface area contributed by atoms with Crippen molar-refractivity contribution in [3.05, 3.63) is 80.3 Å². The van der Waals surface area contributed by atoms with Gasteiger partial charge in [0.05, 0.1) is 24.9 Å². The van der Waals surface area contributed by atoms with Gasteiger partial charge in [-0.05, 0) is 47.2 Å². The summed E-state index contributed by atoms with van der Waals surface area (Å²) in [5, 5.41) is 4.80. The van der Waals surface area contributed by atoms with Crippen molar-refractivity contribution in [2.45, 2.75) is 12.1 Å². The summed E-state index contributed by atoms with van der Waals surface area (Å²) in [6.07, 6.45) is 0. The Kier molecular flexibility index (Phi) is 6.57. The van der Waals surface area contributed by atoms with Crippen molar-refractivity contribution >= 4 is 51.9 Å². The van der Waals surface area contributed by atoms with Crippen molar-refractivity contribution in [3.63, 3.8) is 0 Å². The summed E-state index contributed by atoms with van der Waals surface area (Å²) in [5.41, 5.74) is 2.78. The van der Waals surface area contributed by atoms with Crippen molar-refractivity contribution in [1.29, 1.82) is 0 Å². The maximum absolute atomic E-state index is 13.4. The minimum Gasteiger partial charge on any atom is -0.378 e. The number of methoxy groups -OCH3 is 1. The van der Waals surface area contributed by atoms with Crippen LogP contribution in [0.5, 0.6) is 0 Å². The largest absolute Gasteiger partial charge is 0.378 e. The number of hydrogen-bond acceptors (Lipinski definition) is 6. The molecular formula is C24H22Cl2N4O3S. The molecule has 7 nitrogen and oxygen atoms in total. The van der Waals surface area contributed by atoms with Gasteiger partial charge in [-0.15, -0.1) is 0 Å². The number of aliphatic imine (C=N–C) groups is 1. The molecule has 34 heavy (non-hydrogen) atoms. The minimum atomic E-state index is -0.204. The molecule has 2 aromatic carbocycles. The molecule has 0 unspecified atom stereocenters. The lowest BCUT2D eigenvalue weighted by molar-refractivity contribution is -0.135. The van der Waals surface area contributed by atoms with E-state index in [0.29, 0.717) is 28.0 Å². The number of halogens is 2. The Labute approximate surface area is 211 Å². The molecule has 1 fully saturated rings. The fourth-order valence-corrected chi connectivity index (χ4v) is 5.85. The van der Waals surface area contributed by atoms with Crippen LogP contribution in [0.15, 0.2) is 64.1 Å². The number of nitrogens with one attached hydrogen (secondary N) is 1. The second-order valence-electron chi connectivity index (χ2n) is 8.16. The van der Waals surface area contributed by atoms with Gasteiger partial charge >= 0.3 is 0 Å². The molecule has 0 spiro atoms. The highest BCUT2D eigenvalue weighted by molar-refractivity contribution is 8.18. The Morgan fingerprint density at radius 2 is 1.76 bits per heavy atom. The highest BCUT2D eigenvalue weighted by atomic mass is 35.5. The van der Waals surface area contributed by atoms with E-state index in [2.05, 4.69) is 10.2 Å². The van der Waals surface area contributed by atoms with Gasteiger partial charge < -0.3 is 19.9 Å². The van der Waals surface area contributed by atoms with Gasteiger partial charge in [0.2, 0.25) is 5.91 Å². The van der Waals surface area contributed by atoms with Crippen molar-refractivity contribution in [2.24, 2.45) is 4.99 Å². The normalized spacial score (nSPS) is 22.1. The number of hydrogen-bond donors (Lipinski definition) is 1. The molecule has 3 aliphatic heterocycles. The fourth-order valence-electron chi connectivity index (χ4n) is 4.43. The number of amides is 2. The second-order valence-corrected chi connectivity index (χ2v) is 10.0. The summed E-state index contributed by atoms with van der Waals surface area (Å²) in [6, 6.07) is 15.0. The molecule has 0 bridgehead atoms. The number of thioether (sulfide) groups is 1. The number of fused-ring (bicyclic) bond motifs is 1. The van der Waals surface area contributed by atoms with Crippen molar-refractivity contribution in [1.82, 2.24) is 15.1 Å². The van der Waals surface area contributed by atoms with E-state index in [4.69, 9.17) is 32.9 Å². The lowest BCUT2D eigenvalue weighted by atomic mass is 9.93. The molecule has 0 radical (unpaired) electrons. The topological polar surface area (TPSA) is 74.2 Å². The summed E-state index contributed by atoms with van der Waals surface area (Å²) in [7, 11) is 1.60. The summed E-state index contributed by atoms with van der Waals surface area (Å²) in [4.78, 5) is 34.6. The average Bonchev–Trinajstić information content (AvgIpc) is 3.37. The van der Waals surface area contributed by atoms with Crippen LogP contribution in [0, 0.1) is 0 Å². The van der Waals surface area contributed by atoms with E-state index in [1.54, 1.807) is 12.0 Å². The molecule has 0 aliphatic carbocycles. The number of benzene rings is 2. The molecule has 10 heteroatoms. The quantitative estimate of drug-likeness (QED) is 0.649. The number of piperazine rings is 1. The van der Waals surface area contributed by atoms with E-state index >= 15 is 0 Å². The first-order chi connectivity index (χ1) is 16.5. The van der Waals surface area contributed by atoms with Crippen LogP contribution in [0.25, 0.3) is 0 Å². The SMILES string of the molecule is COCC1=C(C(=O)N2CCNC(=O)C2)SC2=N[C@@H](c3ccc(Cl)cc3)[C@@H](c3ccc(Cl)cc3)N21. The van der Waals surface area contributed by atoms with Crippen LogP contribution in [0.1, 0.15) is 23.2 Å². The van der Waals surface area contributed by atoms with E-state index < -0.39 is 0 Å². The summed E-state index contributed by atoms with van der Waals surface area (Å²) in [6.45, 7) is 1.20. The molecule has 1 saturated heterocycles. The smallest absolute Gasteiger partial charge is 0.263 e. The van der Waals surface area contributed by atoms with Crippen LogP contribution in [0.2, 0.25) is 10.0 Å². The predicted molar refractivity (Wildman–Crippen MR) is 134 cm³/mol. The molecule has 176 valence electrons. The van der Waals surface area contributed by atoms with Gasteiger partial charge in [-0.25, -0.2) is 0 Å². The third kappa shape index (κ3) is 4.31. The van der Waals surface area contributed by atoms with E-state index in [-0.39, 0.29) is 37.0 Å². The van der Waals surface area contributed by atoms with Crippen molar-refractivity contribution < 1.29 is 14.3 Å². The first-order valence-corrected chi connectivity index (χ1v) is 12.4. The summed E-state index contributed by atoms with van der Waals surface area (Å²) < 4.78 is 5.53. The maximum atomic E-state index is 13.4. The summed E-state index contributed by atoms with van der Waals surface area (Å²) in [5.74, 6) is -0.335. The first kappa shape index (κ1) is 23.2. The zero-order valence-electron chi connectivity index (χ0n) is 18.3. The lowest BCUT2D eigenvalue weighted by Crippen LogP contribution is -2.50. The highest BCUT2D eigenvalue weighted by Crippen LogP contribution is 2.52. The molecule has 0 aromatic heterocycles. The van der Waals surface area contributed by atoms with Gasteiger partial charge in [0, 0.05) is 30.2 Å². The Bertz CT molecular complexity index is 1180. The molecule has 2 atom stereocenters. The van der Waals surface area contributed by atoms with E-state index in [1.165, 1.54) is 11.8 Å². The van der Waals surface area contributed by atoms with Crippen LogP contribution in [-0.2, 0) is 14.3 Å². The van der Waals surface area contributed by atoms with Crippen LogP contribution in [-0.4, -0.2) is 60.1 Å². The van der Waals surface area contributed by atoms with Crippen LogP contribution >= 0.6 is 35.0 Å². The summed E-state index contributed by atoms with van der Waals surface area (Å²) >= 11 is 13.6. The number of nitrogens with zero attached hydrogens (tertiary/aromatic N) is 3. The highest BCUT2D eigenvalue weighted by Gasteiger charge is 2.47. The van der Waals surface area contributed by atoms with Crippen molar-refractivity contribution in [3.8, 4) is 0 Å². The van der Waals surface area contributed by atoms with Crippen LogP contribution in [0.3, 0.4) is 0 Å². The Hall–Kier alpha value is -2.52. The zero-order chi connectivity index (χ0) is 23.8. The van der Waals surface area contributed by atoms with Gasteiger partial charge in [0.25, 0.3) is 5.91 Å². The van der Waals surface area contributed by atoms with Gasteiger partial charge in [-0.2, -0.15) is 0 Å². The Morgan fingerprint density at radius 1 is 1.12 bits per heavy atom. The minimum absolute atomic E-state index is 0.0453. The van der Waals surface area contributed by atoms with Crippen molar-refractivity contribution in [2.75, 3.05) is 33.4 Å². The second kappa shape index (κ2) is 9.62. The monoisotopic (exact) mass is 516 g/mol. The Morgan fingerprint density at radius 3 is 2.38 bits per heavy atom. The van der Waals surface area contributed by atoms with E-state index in [0.717, 1.165) is 22.0 Å². The Balaban J connectivity index is 1.56. The molecule has 3 aliphatic rings. The van der Waals surface area contributed by atoms with E-state index in [9.17, 15) is 9.59 Å². The van der Waals surface area contributed by atoms with Crippen LogP contribution < -0.4 is 5.32 Å². The zero-order valence-corrected chi connectivity index (χ0v) is 20.7. The predicted octanol–water partition coefficient (Wildman–Crippen LogP) is 4.01. The number of carbonyl (C=O) groups is 2. The molecular weight excluding hydrogens is 495 g/mol. The number of carbonyl (C=O) groups excluding carboxylic acids is 2. The maximum Gasteiger partial charge on any atom is 0.263 e. The lowest BCUT2D eigenvalue weighted by Gasteiger charge is -2.30. The number of amidine groups is 1. The van der Waals surface area contributed by atoms with Gasteiger partial charge in [0.15, 0.2) is 5.17 Å². The average molecular weight is 517 g/mol. The fraction of sp³-hybridized carbons (Fsp3) is 0.292. The third-order valence-electron chi connectivity index (χ3n) is 6.00. The number of rotatable bonds is 5.